The first-order valence-corrected chi connectivity index (χ1v) is 7.64. The lowest BCUT2D eigenvalue weighted by Crippen LogP contribution is -2.21. The van der Waals surface area contributed by atoms with Gasteiger partial charge in [-0.15, -0.1) is 0 Å². The first-order valence-electron chi connectivity index (χ1n) is 7.64. The highest BCUT2D eigenvalue weighted by Crippen LogP contribution is 2.23. The largest absolute Gasteiger partial charge is 0.484 e. The molecule has 0 saturated carbocycles. The third kappa shape index (κ3) is 3.79. The van der Waals surface area contributed by atoms with Crippen molar-refractivity contribution in [3.05, 3.63) is 54.6 Å². The Bertz CT molecular complexity index is 622. The van der Waals surface area contributed by atoms with Crippen LogP contribution in [0.2, 0.25) is 0 Å². The Morgan fingerprint density at radius 3 is 2.59 bits per heavy atom. The summed E-state index contributed by atoms with van der Waals surface area (Å²) in [6, 6.07) is 17.3. The molecule has 2 aromatic carbocycles. The van der Waals surface area contributed by atoms with Gasteiger partial charge in [0.15, 0.2) is 6.61 Å². The molecule has 0 bridgehead atoms. The first kappa shape index (κ1) is 14.4. The lowest BCUT2D eigenvalue weighted by Gasteiger charge is -2.18. The van der Waals surface area contributed by atoms with E-state index in [2.05, 4.69) is 16.3 Å². The van der Waals surface area contributed by atoms with Gasteiger partial charge in [-0.1, -0.05) is 24.3 Å². The van der Waals surface area contributed by atoms with Crippen LogP contribution in [-0.2, 0) is 4.79 Å². The number of carbonyl (C=O) groups excluding carboxylic acids is 1. The maximum atomic E-state index is 12.0. The van der Waals surface area contributed by atoms with Gasteiger partial charge in [-0.05, 0) is 43.2 Å². The monoisotopic (exact) mass is 296 g/mol. The molecule has 0 aliphatic carbocycles. The van der Waals surface area contributed by atoms with E-state index in [0.717, 1.165) is 18.8 Å². The molecule has 1 fully saturated rings. The Labute approximate surface area is 130 Å². The summed E-state index contributed by atoms with van der Waals surface area (Å²) in [6.45, 7) is 2.20. The average Bonchev–Trinajstić information content (AvgIpc) is 3.09. The fourth-order valence-corrected chi connectivity index (χ4v) is 2.62. The Morgan fingerprint density at radius 2 is 1.82 bits per heavy atom. The van der Waals surface area contributed by atoms with Gasteiger partial charge < -0.3 is 15.0 Å². The number of amides is 1. The van der Waals surface area contributed by atoms with Crippen molar-refractivity contribution in [2.45, 2.75) is 12.8 Å². The minimum absolute atomic E-state index is 0.0119. The van der Waals surface area contributed by atoms with Crippen LogP contribution in [0.4, 0.5) is 11.4 Å². The Hall–Kier alpha value is -2.49. The molecular formula is C18H20N2O2. The summed E-state index contributed by atoms with van der Waals surface area (Å²) in [4.78, 5) is 14.3. The Kier molecular flexibility index (Phi) is 4.59. The number of carbonyl (C=O) groups is 1. The van der Waals surface area contributed by atoms with E-state index < -0.39 is 0 Å². The summed E-state index contributed by atoms with van der Waals surface area (Å²) in [5.74, 6) is 0.547. The van der Waals surface area contributed by atoms with Crippen molar-refractivity contribution < 1.29 is 9.53 Å². The summed E-state index contributed by atoms with van der Waals surface area (Å²) < 4.78 is 5.45. The van der Waals surface area contributed by atoms with Crippen LogP contribution >= 0.6 is 0 Å². The van der Waals surface area contributed by atoms with Crippen molar-refractivity contribution in [1.82, 2.24) is 0 Å². The van der Waals surface area contributed by atoms with Crippen LogP contribution in [0.5, 0.6) is 5.75 Å². The van der Waals surface area contributed by atoms with Gasteiger partial charge in [-0.25, -0.2) is 0 Å². The maximum absolute atomic E-state index is 12.0. The zero-order valence-electron chi connectivity index (χ0n) is 12.5. The highest BCUT2D eigenvalue weighted by molar-refractivity contribution is 5.92. The molecule has 0 atom stereocenters. The van der Waals surface area contributed by atoms with Crippen molar-refractivity contribution in [3.63, 3.8) is 0 Å². The molecule has 0 unspecified atom stereocenters. The van der Waals surface area contributed by atoms with Crippen LogP contribution in [0, 0.1) is 0 Å². The van der Waals surface area contributed by atoms with Crippen LogP contribution in [0.3, 0.4) is 0 Å². The van der Waals surface area contributed by atoms with Crippen LogP contribution in [-0.4, -0.2) is 25.6 Å². The lowest BCUT2D eigenvalue weighted by atomic mass is 10.2. The van der Waals surface area contributed by atoms with Gasteiger partial charge in [-0.3, -0.25) is 4.79 Å². The molecule has 114 valence electrons. The fourth-order valence-electron chi connectivity index (χ4n) is 2.62. The fraction of sp³-hybridized carbons (Fsp3) is 0.278. The maximum Gasteiger partial charge on any atom is 0.262 e. The highest BCUT2D eigenvalue weighted by Gasteiger charge is 2.12. The van der Waals surface area contributed by atoms with E-state index in [1.54, 1.807) is 0 Å². The topological polar surface area (TPSA) is 41.6 Å². The summed E-state index contributed by atoms with van der Waals surface area (Å²) >= 11 is 0. The van der Waals surface area contributed by atoms with Crippen LogP contribution < -0.4 is 15.0 Å². The summed E-state index contributed by atoms with van der Waals surface area (Å²) in [7, 11) is 0. The number of ether oxygens (including phenoxy) is 1. The van der Waals surface area contributed by atoms with E-state index >= 15 is 0 Å². The molecule has 3 rings (SSSR count). The first-order chi connectivity index (χ1) is 10.8. The molecule has 1 heterocycles. The van der Waals surface area contributed by atoms with Gasteiger partial charge in [0.1, 0.15) is 5.75 Å². The standard InChI is InChI=1S/C18H20N2O2/c21-18(14-22-17-9-2-1-3-10-17)19-15-7-6-8-16(13-15)20-11-4-5-12-20/h1-3,6-10,13H,4-5,11-12,14H2,(H,19,21). The van der Waals surface area contributed by atoms with Crippen molar-refractivity contribution in [2.24, 2.45) is 0 Å². The van der Waals surface area contributed by atoms with Gasteiger partial charge >= 0.3 is 0 Å². The smallest absolute Gasteiger partial charge is 0.262 e. The van der Waals surface area contributed by atoms with E-state index in [-0.39, 0.29) is 12.5 Å². The van der Waals surface area contributed by atoms with Crippen LogP contribution in [0.1, 0.15) is 12.8 Å². The van der Waals surface area contributed by atoms with Crippen molar-refractivity contribution in [1.29, 1.82) is 0 Å². The van der Waals surface area contributed by atoms with E-state index in [9.17, 15) is 4.79 Å². The van der Waals surface area contributed by atoms with Gasteiger partial charge in [0.05, 0.1) is 0 Å². The minimum atomic E-state index is -0.151. The number of benzene rings is 2. The second kappa shape index (κ2) is 6.98. The molecule has 1 amide bonds. The number of hydrogen-bond acceptors (Lipinski definition) is 3. The molecule has 2 aromatic rings. The molecule has 0 aromatic heterocycles. The van der Waals surface area contributed by atoms with Crippen molar-refractivity contribution in [3.8, 4) is 5.75 Å². The van der Waals surface area contributed by atoms with Crippen molar-refractivity contribution >= 4 is 17.3 Å². The Balaban J connectivity index is 1.56. The molecule has 1 aliphatic heterocycles. The summed E-state index contributed by atoms with van der Waals surface area (Å²) in [5.41, 5.74) is 1.98. The zero-order valence-corrected chi connectivity index (χ0v) is 12.5. The normalized spacial score (nSPS) is 13.9. The molecule has 4 heteroatoms. The number of para-hydroxylation sites is 1. The average molecular weight is 296 g/mol. The lowest BCUT2D eigenvalue weighted by molar-refractivity contribution is -0.118. The second-order valence-corrected chi connectivity index (χ2v) is 5.39. The van der Waals surface area contributed by atoms with Crippen LogP contribution in [0.15, 0.2) is 54.6 Å². The summed E-state index contributed by atoms with van der Waals surface area (Å²) in [5, 5.41) is 2.89. The second-order valence-electron chi connectivity index (χ2n) is 5.39. The van der Waals surface area contributed by atoms with E-state index in [0.29, 0.717) is 5.75 Å². The van der Waals surface area contributed by atoms with Crippen molar-refractivity contribution in [2.75, 3.05) is 29.9 Å². The van der Waals surface area contributed by atoms with Gasteiger partial charge in [0, 0.05) is 24.5 Å². The zero-order chi connectivity index (χ0) is 15.2. The number of nitrogens with zero attached hydrogens (tertiary/aromatic N) is 1. The molecule has 22 heavy (non-hydrogen) atoms. The molecule has 1 aliphatic rings. The van der Waals surface area contributed by atoms with Gasteiger partial charge in [0.25, 0.3) is 5.91 Å². The number of hydrogen-bond donors (Lipinski definition) is 1. The molecule has 1 saturated heterocycles. The molecular weight excluding hydrogens is 276 g/mol. The number of nitrogens with one attached hydrogen (secondary N) is 1. The predicted molar refractivity (Wildman–Crippen MR) is 88.5 cm³/mol. The Morgan fingerprint density at radius 1 is 1.05 bits per heavy atom. The molecule has 1 N–H and O–H groups in total. The third-order valence-corrected chi connectivity index (χ3v) is 3.71. The van der Waals surface area contributed by atoms with Gasteiger partial charge in [0.2, 0.25) is 0 Å². The number of rotatable bonds is 5. The van der Waals surface area contributed by atoms with Crippen LogP contribution in [0.25, 0.3) is 0 Å². The minimum Gasteiger partial charge on any atom is -0.484 e. The number of anilines is 2. The third-order valence-electron chi connectivity index (χ3n) is 3.71. The highest BCUT2D eigenvalue weighted by atomic mass is 16.5. The molecule has 4 nitrogen and oxygen atoms in total. The quantitative estimate of drug-likeness (QED) is 0.920. The van der Waals surface area contributed by atoms with E-state index in [1.165, 1.54) is 18.5 Å². The van der Waals surface area contributed by atoms with E-state index in [1.807, 2.05) is 48.5 Å². The predicted octanol–water partition coefficient (Wildman–Crippen LogP) is 3.30. The molecule has 0 radical (unpaired) electrons. The van der Waals surface area contributed by atoms with Gasteiger partial charge in [-0.2, -0.15) is 0 Å². The van der Waals surface area contributed by atoms with E-state index in [4.69, 9.17) is 4.74 Å². The SMILES string of the molecule is O=C(COc1ccccc1)Nc1cccc(N2CCCC2)c1. The summed E-state index contributed by atoms with van der Waals surface area (Å²) in [6.07, 6.45) is 2.48. The molecule has 0 spiro atoms.